The van der Waals surface area contributed by atoms with Crippen LogP contribution in [-0.2, 0) is 28.6 Å². The largest absolute Gasteiger partial charge is 0.462 e. The van der Waals surface area contributed by atoms with Gasteiger partial charge in [0.2, 0.25) is 0 Å². The zero-order valence-electron chi connectivity index (χ0n) is 45.0. The molecule has 6 heteroatoms. The number of carbonyl (C=O) groups is 3. The Labute approximate surface area is 426 Å². The van der Waals surface area contributed by atoms with Gasteiger partial charge >= 0.3 is 17.9 Å². The van der Waals surface area contributed by atoms with E-state index in [9.17, 15) is 14.4 Å². The van der Waals surface area contributed by atoms with Gasteiger partial charge in [-0.15, -0.1) is 0 Å². The molecule has 0 aromatic carbocycles. The van der Waals surface area contributed by atoms with Crippen molar-refractivity contribution < 1.29 is 28.6 Å². The fraction of sp³-hybridized carbons (Fsp3) is 0.698. The molecule has 0 unspecified atom stereocenters. The van der Waals surface area contributed by atoms with E-state index in [0.717, 1.165) is 116 Å². The fourth-order valence-corrected chi connectivity index (χ4v) is 7.73. The number of ether oxygens (including phenoxy) is 3. The normalized spacial score (nSPS) is 12.8. The summed E-state index contributed by atoms with van der Waals surface area (Å²) in [5.41, 5.74) is 0. The second kappa shape index (κ2) is 56.9. The minimum atomic E-state index is -0.800. The SMILES string of the molecule is CC/C=C\C/C=C\C/C=C\C/C=C\C/C=C\CCCCCC(=O)OC[C@@H](COC(=O)CCCCCCC/C=C\CCCCCCCC)OC(=O)CCCCCCCCC/C=C\C/C=C\CCCCC. The second-order valence-electron chi connectivity index (χ2n) is 18.8. The summed E-state index contributed by atoms with van der Waals surface area (Å²) in [5.74, 6) is -0.942. The van der Waals surface area contributed by atoms with Crippen molar-refractivity contribution in [1.82, 2.24) is 0 Å². The maximum Gasteiger partial charge on any atom is 0.306 e. The summed E-state index contributed by atoms with van der Waals surface area (Å²) in [4.78, 5) is 38.2. The lowest BCUT2D eigenvalue weighted by Crippen LogP contribution is -2.30. The summed E-state index contributed by atoms with van der Waals surface area (Å²) in [5, 5.41) is 0. The Morgan fingerprint density at radius 1 is 0.304 bits per heavy atom. The first-order chi connectivity index (χ1) is 34.0. The lowest BCUT2D eigenvalue weighted by Gasteiger charge is -2.18. The molecular formula is C63H106O6. The van der Waals surface area contributed by atoms with Crippen LogP contribution >= 0.6 is 0 Å². The Morgan fingerprint density at radius 2 is 0.565 bits per heavy atom. The van der Waals surface area contributed by atoms with Crippen molar-refractivity contribution in [3.8, 4) is 0 Å². The van der Waals surface area contributed by atoms with Crippen LogP contribution in [0.15, 0.2) is 97.2 Å². The van der Waals surface area contributed by atoms with Crippen LogP contribution in [0.3, 0.4) is 0 Å². The molecule has 0 aliphatic heterocycles. The predicted molar refractivity (Wildman–Crippen MR) is 297 cm³/mol. The quantitative estimate of drug-likeness (QED) is 0.0262. The van der Waals surface area contributed by atoms with E-state index in [4.69, 9.17) is 14.2 Å². The minimum Gasteiger partial charge on any atom is -0.462 e. The van der Waals surface area contributed by atoms with Crippen molar-refractivity contribution >= 4 is 17.9 Å². The molecule has 0 spiro atoms. The van der Waals surface area contributed by atoms with Crippen molar-refractivity contribution in [1.29, 1.82) is 0 Å². The number of unbranched alkanes of at least 4 members (excludes halogenated alkanes) is 24. The molecule has 6 nitrogen and oxygen atoms in total. The third-order valence-electron chi connectivity index (χ3n) is 12.0. The smallest absolute Gasteiger partial charge is 0.306 e. The third-order valence-corrected chi connectivity index (χ3v) is 12.0. The highest BCUT2D eigenvalue weighted by Gasteiger charge is 2.19. The van der Waals surface area contributed by atoms with Crippen LogP contribution in [-0.4, -0.2) is 37.2 Å². The van der Waals surface area contributed by atoms with Gasteiger partial charge in [0, 0.05) is 19.3 Å². The Morgan fingerprint density at radius 3 is 0.942 bits per heavy atom. The second-order valence-corrected chi connectivity index (χ2v) is 18.8. The summed E-state index contributed by atoms with van der Waals surface area (Å²) in [6.45, 7) is 6.46. The van der Waals surface area contributed by atoms with Crippen LogP contribution in [0.25, 0.3) is 0 Å². The number of rotatable bonds is 51. The van der Waals surface area contributed by atoms with E-state index in [1.165, 1.54) is 109 Å². The van der Waals surface area contributed by atoms with Crippen molar-refractivity contribution in [3.63, 3.8) is 0 Å². The van der Waals surface area contributed by atoms with Gasteiger partial charge in [-0.3, -0.25) is 14.4 Å². The van der Waals surface area contributed by atoms with Crippen LogP contribution in [0, 0.1) is 0 Å². The molecule has 0 fully saturated rings. The van der Waals surface area contributed by atoms with Gasteiger partial charge in [-0.25, -0.2) is 0 Å². The first-order valence-corrected chi connectivity index (χ1v) is 28.7. The number of hydrogen-bond donors (Lipinski definition) is 0. The molecule has 1 atom stereocenters. The first-order valence-electron chi connectivity index (χ1n) is 28.7. The summed E-state index contributed by atoms with van der Waals surface area (Å²) >= 11 is 0. The molecular weight excluding hydrogens is 853 g/mol. The molecule has 69 heavy (non-hydrogen) atoms. The van der Waals surface area contributed by atoms with Crippen molar-refractivity contribution in [2.75, 3.05) is 13.2 Å². The maximum absolute atomic E-state index is 12.9. The molecule has 0 aromatic rings. The molecule has 0 radical (unpaired) electrons. The fourth-order valence-electron chi connectivity index (χ4n) is 7.73. The van der Waals surface area contributed by atoms with Gasteiger partial charge in [-0.1, -0.05) is 221 Å². The molecule has 394 valence electrons. The van der Waals surface area contributed by atoms with Crippen LogP contribution in [0.2, 0.25) is 0 Å². The van der Waals surface area contributed by atoms with E-state index in [0.29, 0.717) is 19.3 Å². The van der Waals surface area contributed by atoms with Gasteiger partial charge < -0.3 is 14.2 Å². The highest BCUT2D eigenvalue weighted by atomic mass is 16.6. The standard InChI is InChI=1S/C63H106O6/c1-4-7-10-13-16-19-22-25-28-30-31-33-35-38-41-44-47-50-53-56-62(65)68-59-60(58-67-61(64)55-52-49-46-43-40-37-34-27-24-21-18-15-12-9-6-3)69-63(66)57-54-51-48-45-42-39-36-32-29-26-23-20-17-14-11-8-5-2/h7,10,16-17,19-20,25-29,31,33-34,38,41,60H,4-6,8-9,11-15,18,21-24,30,32,35-37,39-40,42-59H2,1-3H3/b10-7-,19-16-,20-17-,28-25-,29-26-,33-31-,34-27-,41-38-/t60-/m1/s1. The van der Waals surface area contributed by atoms with Crippen molar-refractivity contribution in [3.05, 3.63) is 97.2 Å². The highest BCUT2D eigenvalue weighted by molar-refractivity contribution is 5.71. The van der Waals surface area contributed by atoms with Crippen LogP contribution in [0.5, 0.6) is 0 Å². The van der Waals surface area contributed by atoms with Crippen LogP contribution < -0.4 is 0 Å². The average Bonchev–Trinajstić information content (AvgIpc) is 3.35. The molecule has 0 saturated carbocycles. The maximum atomic E-state index is 12.9. The van der Waals surface area contributed by atoms with E-state index in [1.807, 2.05) is 0 Å². The molecule has 0 N–H and O–H groups in total. The lowest BCUT2D eigenvalue weighted by molar-refractivity contribution is -0.167. The third kappa shape index (κ3) is 55.1. The predicted octanol–water partition coefficient (Wildman–Crippen LogP) is 19.3. The molecule has 0 aliphatic rings. The minimum absolute atomic E-state index is 0.0961. The van der Waals surface area contributed by atoms with Gasteiger partial charge in [-0.2, -0.15) is 0 Å². The molecule has 0 saturated heterocycles. The van der Waals surface area contributed by atoms with Gasteiger partial charge in [-0.05, 0) is 122 Å². The zero-order valence-corrected chi connectivity index (χ0v) is 45.0. The van der Waals surface area contributed by atoms with E-state index < -0.39 is 6.10 Å². The average molecular weight is 960 g/mol. The zero-order chi connectivity index (χ0) is 50.0. The molecule has 0 aromatic heterocycles. The molecule has 0 aliphatic carbocycles. The van der Waals surface area contributed by atoms with E-state index in [2.05, 4.69) is 118 Å². The van der Waals surface area contributed by atoms with E-state index >= 15 is 0 Å². The van der Waals surface area contributed by atoms with Gasteiger partial charge in [0.05, 0.1) is 0 Å². The Balaban J connectivity index is 4.48. The molecule has 0 heterocycles. The molecule has 0 rings (SSSR count). The topological polar surface area (TPSA) is 78.9 Å². The molecule has 0 bridgehead atoms. The Hall–Kier alpha value is -3.67. The summed E-state index contributed by atoms with van der Waals surface area (Å²) in [7, 11) is 0. The summed E-state index contributed by atoms with van der Waals surface area (Å²) in [6, 6.07) is 0. The number of hydrogen-bond acceptors (Lipinski definition) is 6. The van der Waals surface area contributed by atoms with Gasteiger partial charge in [0.15, 0.2) is 6.10 Å². The van der Waals surface area contributed by atoms with Crippen LogP contribution in [0.1, 0.15) is 265 Å². The summed E-state index contributed by atoms with van der Waals surface area (Å²) < 4.78 is 16.8. The van der Waals surface area contributed by atoms with Crippen LogP contribution in [0.4, 0.5) is 0 Å². The first kappa shape index (κ1) is 65.3. The Bertz CT molecular complexity index is 1380. The number of allylic oxidation sites excluding steroid dienone is 16. The lowest BCUT2D eigenvalue weighted by atomic mass is 10.1. The van der Waals surface area contributed by atoms with E-state index in [-0.39, 0.29) is 31.1 Å². The monoisotopic (exact) mass is 959 g/mol. The summed E-state index contributed by atoms with van der Waals surface area (Å²) in [6.07, 6.45) is 75.3. The molecule has 0 amide bonds. The van der Waals surface area contributed by atoms with Crippen molar-refractivity contribution in [2.24, 2.45) is 0 Å². The van der Waals surface area contributed by atoms with E-state index in [1.54, 1.807) is 0 Å². The highest BCUT2D eigenvalue weighted by Crippen LogP contribution is 2.14. The Kier molecular flexibility index (Phi) is 53.9. The number of esters is 3. The van der Waals surface area contributed by atoms with Gasteiger partial charge in [0.25, 0.3) is 0 Å². The van der Waals surface area contributed by atoms with Gasteiger partial charge in [0.1, 0.15) is 13.2 Å². The van der Waals surface area contributed by atoms with Crippen molar-refractivity contribution in [2.45, 2.75) is 271 Å². The number of carbonyl (C=O) groups excluding carboxylic acids is 3.